The molecule has 0 aliphatic heterocycles. The van der Waals surface area contributed by atoms with Crippen LogP contribution >= 0.6 is 15.9 Å². The van der Waals surface area contributed by atoms with Gasteiger partial charge in [0, 0.05) is 27.0 Å². The number of aryl methyl sites for hydroxylation is 1. The van der Waals surface area contributed by atoms with Gasteiger partial charge in [0.05, 0.1) is 17.5 Å². The number of carbonyl (C=O) groups is 1. The Kier molecular flexibility index (Phi) is 6.12. The number of aromatic nitrogens is 1. The quantitative estimate of drug-likeness (QED) is 0.286. The van der Waals surface area contributed by atoms with E-state index < -0.39 is 23.5 Å². The fraction of sp³-hybridized carbons (Fsp3) is 0.143. The number of hydrogen-bond acceptors (Lipinski definition) is 2. The molecule has 3 aromatic rings. The van der Waals surface area contributed by atoms with Gasteiger partial charge in [0.25, 0.3) is 5.91 Å². The standard InChI is InChI=1S/C21H16BrF4N3O/c1-12-8-15(13(2)29(12)19-7-6-17(22)10-18(19)23)11-27-28-20(30)14-4-3-5-16(9-14)21(24,25)26/h3-11H,1-2H3,(H,28,30)/b27-11-. The Morgan fingerprint density at radius 1 is 1.13 bits per heavy atom. The number of hydrogen-bond donors (Lipinski definition) is 1. The van der Waals surface area contributed by atoms with Crippen LogP contribution in [0, 0.1) is 19.7 Å². The molecule has 0 saturated carbocycles. The van der Waals surface area contributed by atoms with Gasteiger partial charge in [0.15, 0.2) is 0 Å². The van der Waals surface area contributed by atoms with Crippen molar-refractivity contribution in [3.05, 3.63) is 86.9 Å². The monoisotopic (exact) mass is 481 g/mol. The van der Waals surface area contributed by atoms with Gasteiger partial charge in [-0.3, -0.25) is 4.79 Å². The highest BCUT2D eigenvalue weighted by Gasteiger charge is 2.30. The molecule has 1 aromatic heterocycles. The molecular formula is C21H16BrF4N3O. The van der Waals surface area contributed by atoms with E-state index >= 15 is 0 Å². The molecule has 1 N–H and O–H groups in total. The third-order valence-corrected chi connectivity index (χ3v) is 4.94. The highest BCUT2D eigenvalue weighted by Crippen LogP contribution is 2.29. The molecule has 30 heavy (non-hydrogen) atoms. The number of alkyl halides is 3. The number of hydrazone groups is 1. The fourth-order valence-corrected chi connectivity index (χ4v) is 3.35. The smallest absolute Gasteiger partial charge is 0.315 e. The van der Waals surface area contributed by atoms with Crippen LogP contribution in [-0.4, -0.2) is 16.7 Å². The van der Waals surface area contributed by atoms with E-state index in [9.17, 15) is 22.4 Å². The summed E-state index contributed by atoms with van der Waals surface area (Å²) in [6.45, 7) is 3.57. The van der Waals surface area contributed by atoms with E-state index in [1.165, 1.54) is 18.3 Å². The topological polar surface area (TPSA) is 46.4 Å². The molecule has 0 fully saturated rings. The van der Waals surface area contributed by atoms with Gasteiger partial charge in [0.1, 0.15) is 5.82 Å². The number of benzene rings is 2. The van der Waals surface area contributed by atoms with Gasteiger partial charge < -0.3 is 4.57 Å². The summed E-state index contributed by atoms with van der Waals surface area (Å²) in [4.78, 5) is 12.1. The minimum atomic E-state index is -4.54. The summed E-state index contributed by atoms with van der Waals surface area (Å²) < 4.78 is 55.0. The van der Waals surface area contributed by atoms with Crippen LogP contribution in [0.1, 0.15) is 32.9 Å². The zero-order valence-electron chi connectivity index (χ0n) is 15.9. The maximum atomic E-state index is 14.3. The first-order chi connectivity index (χ1) is 14.1. The molecule has 2 aromatic carbocycles. The Morgan fingerprint density at radius 2 is 1.87 bits per heavy atom. The number of rotatable bonds is 4. The summed E-state index contributed by atoms with van der Waals surface area (Å²) in [5.41, 5.74) is 3.56. The molecule has 4 nitrogen and oxygen atoms in total. The summed E-state index contributed by atoms with van der Waals surface area (Å²) in [5, 5.41) is 3.83. The molecule has 1 heterocycles. The molecule has 1 amide bonds. The highest BCUT2D eigenvalue weighted by molar-refractivity contribution is 9.10. The second-order valence-electron chi connectivity index (χ2n) is 6.54. The van der Waals surface area contributed by atoms with E-state index in [1.807, 2.05) is 0 Å². The maximum Gasteiger partial charge on any atom is 0.416 e. The van der Waals surface area contributed by atoms with Gasteiger partial charge in [-0.1, -0.05) is 22.0 Å². The first-order valence-corrected chi connectivity index (χ1v) is 9.52. The van der Waals surface area contributed by atoms with E-state index in [0.717, 1.165) is 23.9 Å². The SMILES string of the molecule is Cc1cc(/C=N\NC(=O)c2cccc(C(F)(F)F)c2)c(C)n1-c1ccc(Br)cc1F. The van der Waals surface area contributed by atoms with Crippen molar-refractivity contribution in [3.63, 3.8) is 0 Å². The summed E-state index contributed by atoms with van der Waals surface area (Å²) in [7, 11) is 0. The van der Waals surface area contributed by atoms with Crippen LogP contribution in [0.15, 0.2) is 58.1 Å². The number of nitrogens with zero attached hydrogens (tertiary/aromatic N) is 2. The van der Waals surface area contributed by atoms with Gasteiger partial charge in [-0.25, -0.2) is 9.82 Å². The van der Waals surface area contributed by atoms with E-state index in [4.69, 9.17) is 0 Å². The normalized spacial score (nSPS) is 11.8. The molecule has 156 valence electrons. The fourth-order valence-electron chi connectivity index (χ4n) is 3.01. The van der Waals surface area contributed by atoms with Gasteiger partial charge in [-0.15, -0.1) is 0 Å². The Hall–Kier alpha value is -2.94. The van der Waals surface area contributed by atoms with Gasteiger partial charge in [-0.2, -0.15) is 18.3 Å². The van der Waals surface area contributed by atoms with Crippen LogP contribution in [0.2, 0.25) is 0 Å². The van der Waals surface area contributed by atoms with Crippen molar-refractivity contribution >= 4 is 28.1 Å². The van der Waals surface area contributed by atoms with Crippen molar-refractivity contribution in [2.75, 3.05) is 0 Å². The lowest BCUT2D eigenvalue weighted by Crippen LogP contribution is -2.18. The van der Waals surface area contributed by atoms with Crippen molar-refractivity contribution in [1.29, 1.82) is 0 Å². The number of halogens is 5. The lowest BCUT2D eigenvalue weighted by Gasteiger charge is -2.11. The summed E-state index contributed by atoms with van der Waals surface area (Å²) in [6.07, 6.45) is -3.18. The zero-order valence-corrected chi connectivity index (χ0v) is 17.5. The third-order valence-electron chi connectivity index (χ3n) is 4.44. The molecule has 0 aliphatic rings. The molecule has 0 radical (unpaired) electrons. The van der Waals surface area contributed by atoms with E-state index in [1.54, 1.807) is 36.6 Å². The van der Waals surface area contributed by atoms with Crippen molar-refractivity contribution < 1.29 is 22.4 Å². The Morgan fingerprint density at radius 3 is 2.53 bits per heavy atom. The number of carbonyl (C=O) groups excluding carboxylic acids is 1. The predicted octanol–water partition coefficient (Wildman–Crippen LogP) is 5.78. The molecule has 0 aliphatic carbocycles. The van der Waals surface area contributed by atoms with Crippen LogP contribution < -0.4 is 5.43 Å². The van der Waals surface area contributed by atoms with E-state index in [-0.39, 0.29) is 5.56 Å². The van der Waals surface area contributed by atoms with Crippen molar-refractivity contribution in [1.82, 2.24) is 9.99 Å². The van der Waals surface area contributed by atoms with Gasteiger partial charge in [-0.05, 0) is 56.3 Å². The molecule has 3 rings (SSSR count). The van der Waals surface area contributed by atoms with Gasteiger partial charge >= 0.3 is 6.18 Å². The van der Waals surface area contributed by atoms with E-state index in [2.05, 4.69) is 26.5 Å². The predicted molar refractivity (Wildman–Crippen MR) is 109 cm³/mol. The zero-order chi connectivity index (χ0) is 22.1. The molecule has 0 bridgehead atoms. The van der Waals surface area contributed by atoms with Crippen LogP contribution in [0.5, 0.6) is 0 Å². The van der Waals surface area contributed by atoms with Crippen LogP contribution in [-0.2, 0) is 6.18 Å². The average molecular weight is 482 g/mol. The Bertz CT molecular complexity index is 1140. The van der Waals surface area contributed by atoms with Crippen LogP contribution in [0.3, 0.4) is 0 Å². The van der Waals surface area contributed by atoms with E-state index in [0.29, 0.717) is 21.4 Å². The minimum Gasteiger partial charge on any atom is -0.315 e. The Balaban J connectivity index is 1.80. The van der Waals surface area contributed by atoms with Crippen molar-refractivity contribution in [3.8, 4) is 5.69 Å². The molecular weight excluding hydrogens is 466 g/mol. The first kappa shape index (κ1) is 21.8. The number of amides is 1. The number of nitrogens with one attached hydrogen (secondary N) is 1. The molecule has 9 heteroatoms. The van der Waals surface area contributed by atoms with Crippen LogP contribution in [0.4, 0.5) is 17.6 Å². The largest absolute Gasteiger partial charge is 0.416 e. The average Bonchev–Trinajstić information content (AvgIpc) is 2.95. The second-order valence-corrected chi connectivity index (χ2v) is 7.45. The second kappa shape index (κ2) is 8.43. The molecule has 0 saturated heterocycles. The molecule has 0 spiro atoms. The molecule has 0 atom stereocenters. The first-order valence-electron chi connectivity index (χ1n) is 8.73. The maximum absolute atomic E-state index is 14.3. The van der Waals surface area contributed by atoms with Crippen molar-refractivity contribution in [2.45, 2.75) is 20.0 Å². The summed E-state index contributed by atoms with van der Waals surface area (Å²) in [5.74, 6) is -1.18. The van der Waals surface area contributed by atoms with Gasteiger partial charge in [0.2, 0.25) is 0 Å². The van der Waals surface area contributed by atoms with Crippen LogP contribution in [0.25, 0.3) is 5.69 Å². The van der Waals surface area contributed by atoms with Crippen molar-refractivity contribution in [2.24, 2.45) is 5.10 Å². The minimum absolute atomic E-state index is 0.163. The lowest BCUT2D eigenvalue weighted by atomic mass is 10.1. The lowest BCUT2D eigenvalue weighted by molar-refractivity contribution is -0.137. The highest BCUT2D eigenvalue weighted by atomic mass is 79.9. The summed E-state index contributed by atoms with van der Waals surface area (Å²) >= 11 is 3.22. The summed E-state index contributed by atoms with van der Waals surface area (Å²) in [6, 6.07) is 10.5. The molecule has 0 unspecified atom stereocenters. The third kappa shape index (κ3) is 4.62. The Labute approximate surface area is 178 Å².